The number of nitrogens with one attached hydrogen (secondary N) is 1. The van der Waals surface area contributed by atoms with Crippen LogP contribution in [0.25, 0.3) is 11.1 Å². The number of hydrogen-bond acceptors (Lipinski definition) is 4. The lowest BCUT2D eigenvalue weighted by Crippen LogP contribution is -2.09. The summed E-state index contributed by atoms with van der Waals surface area (Å²) in [4.78, 5) is 14.9. The molecule has 0 saturated heterocycles. The average Bonchev–Trinajstić information content (AvgIpc) is 2.56. The number of nitrogens with zero attached hydrogens (tertiary/aromatic N) is 1. The first kappa shape index (κ1) is 10.5. The van der Waals surface area contributed by atoms with Crippen molar-refractivity contribution >= 4 is 23.1 Å². The van der Waals surface area contributed by atoms with Gasteiger partial charge in [-0.25, -0.2) is 4.79 Å². The highest BCUT2D eigenvalue weighted by atomic mass is 16.4. The maximum atomic E-state index is 10.8. The number of carboxylic acid groups (broad SMARTS) is 1. The second-order valence-electron chi connectivity index (χ2n) is 3.81. The molecule has 5 heteroatoms. The van der Waals surface area contributed by atoms with Gasteiger partial charge in [-0.05, 0) is 32.0 Å². The van der Waals surface area contributed by atoms with Gasteiger partial charge in [0, 0.05) is 6.04 Å². The van der Waals surface area contributed by atoms with Crippen molar-refractivity contribution in [3.8, 4) is 0 Å². The highest BCUT2D eigenvalue weighted by Crippen LogP contribution is 2.20. The number of hydrogen-bond donors (Lipinski definition) is 2. The van der Waals surface area contributed by atoms with Gasteiger partial charge in [-0.1, -0.05) is 0 Å². The summed E-state index contributed by atoms with van der Waals surface area (Å²) in [6.07, 6.45) is 0. The molecule has 5 nitrogen and oxygen atoms in total. The van der Waals surface area contributed by atoms with Gasteiger partial charge in [0.2, 0.25) is 0 Å². The molecule has 0 aliphatic rings. The Morgan fingerprint density at radius 2 is 2.25 bits per heavy atom. The number of aromatic nitrogens is 1. The zero-order valence-electron chi connectivity index (χ0n) is 9.02. The average molecular weight is 220 g/mol. The standard InChI is InChI=1S/C11H12N2O3/c1-6(2)12-11-13-8-5-7(10(14)15)3-4-9(8)16-11/h3-6H,1-2H3,(H,12,13)(H,14,15). The summed E-state index contributed by atoms with van der Waals surface area (Å²) < 4.78 is 5.40. The van der Waals surface area contributed by atoms with Crippen LogP contribution in [0.3, 0.4) is 0 Å². The van der Waals surface area contributed by atoms with E-state index < -0.39 is 5.97 Å². The van der Waals surface area contributed by atoms with E-state index >= 15 is 0 Å². The third kappa shape index (κ3) is 1.98. The Bertz CT molecular complexity index is 531. The summed E-state index contributed by atoms with van der Waals surface area (Å²) in [5, 5.41) is 11.8. The molecule has 2 N–H and O–H groups in total. The second-order valence-corrected chi connectivity index (χ2v) is 3.81. The highest BCUT2D eigenvalue weighted by Gasteiger charge is 2.09. The molecule has 2 rings (SSSR count). The Labute approximate surface area is 92.1 Å². The topological polar surface area (TPSA) is 75.4 Å². The molecule has 84 valence electrons. The van der Waals surface area contributed by atoms with E-state index in [9.17, 15) is 4.79 Å². The van der Waals surface area contributed by atoms with Crippen LogP contribution in [0.15, 0.2) is 22.6 Å². The van der Waals surface area contributed by atoms with Crippen LogP contribution in [0.2, 0.25) is 0 Å². The predicted molar refractivity (Wildman–Crippen MR) is 59.7 cm³/mol. The van der Waals surface area contributed by atoms with E-state index in [2.05, 4.69) is 10.3 Å². The number of benzene rings is 1. The lowest BCUT2D eigenvalue weighted by Gasteiger charge is -2.02. The number of anilines is 1. The van der Waals surface area contributed by atoms with Gasteiger partial charge in [0.15, 0.2) is 5.58 Å². The summed E-state index contributed by atoms with van der Waals surface area (Å²) in [5.41, 5.74) is 1.33. The van der Waals surface area contributed by atoms with Crippen molar-refractivity contribution in [2.24, 2.45) is 0 Å². The van der Waals surface area contributed by atoms with Crippen LogP contribution in [0.4, 0.5) is 6.01 Å². The van der Waals surface area contributed by atoms with E-state index in [1.165, 1.54) is 12.1 Å². The Hall–Kier alpha value is -2.04. The van der Waals surface area contributed by atoms with Gasteiger partial charge in [-0.15, -0.1) is 0 Å². The van der Waals surface area contributed by atoms with Crippen molar-refractivity contribution in [3.63, 3.8) is 0 Å². The number of carbonyl (C=O) groups is 1. The molecule has 0 unspecified atom stereocenters. The minimum absolute atomic E-state index is 0.205. The van der Waals surface area contributed by atoms with Crippen LogP contribution in [-0.4, -0.2) is 22.1 Å². The second kappa shape index (κ2) is 3.84. The fourth-order valence-corrected chi connectivity index (χ4v) is 1.37. The molecule has 2 aromatic rings. The molecule has 16 heavy (non-hydrogen) atoms. The lowest BCUT2D eigenvalue weighted by atomic mass is 10.2. The minimum Gasteiger partial charge on any atom is -0.478 e. The van der Waals surface area contributed by atoms with Gasteiger partial charge in [0.1, 0.15) is 5.52 Å². The van der Waals surface area contributed by atoms with Crippen molar-refractivity contribution in [3.05, 3.63) is 23.8 Å². The number of oxazole rings is 1. The van der Waals surface area contributed by atoms with E-state index in [1.54, 1.807) is 6.07 Å². The first-order valence-corrected chi connectivity index (χ1v) is 4.96. The third-order valence-electron chi connectivity index (χ3n) is 2.05. The van der Waals surface area contributed by atoms with Gasteiger partial charge in [-0.2, -0.15) is 4.98 Å². The van der Waals surface area contributed by atoms with Crippen LogP contribution < -0.4 is 5.32 Å². The van der Waals surface area contributed by atoms with Crippen LogP contribution in [0.1, 0.15) is 24.2 Å². The molecule has 1 heterocycles. The summed E-state index contributed by atoms with van der Waals surface area (Å²) in [7, 11) is 0. The van der Waals surface area contributed by atoms with Crippen LogP contribution in [-0.2, 0) is 0 Å². The van der Waals surface area contributed by atoms with Crippen molar-refractivity contribution in [2.75, 3.05) is 5.32 Å². The smallest absolute Gasteiger partial charge is 0.335 e. The van der Waals surface area contributed by atoms with Crippen molar-refractivity contribution < 1.29 is 14.3 Å². The number of carboxylic acids is 1. The van der Waals surface area contributed by atoms with Gasteiger partial charge in [0.25, 0.3) is 6.01 Å². The van der Waals surface area contributed by atoms with Crippen LogP contribution >= 0.6 is 0 Å². The van der Waals surface area contributed by atoms with E-state index in [1.807, 2.05) is 13.8 Å². The molecule has 1 aromatic heterocycles. The van der Waals surface area contributed by atoms with Crippen molar-refractivity contribution in [1.82, 2.24) is 4.98 Å². The molecule has 0 radical (unpaired) electrons. The molecule has 0 bridgehead atoms. The highest BCUT2D eigenvalue weighted by molar-refractivity contribution is 5.92. The Balaban J connectivity index is 2.42. The fraction of sp³-hybridized carbons (Fsp3) is 0.273. The van der Waals surface area contributed by atoms with E-state index in [-0.39, 0.29) is 11.6 Å². The quantitative estimate of drug-likeness (QED) is 0.830. The molecular weight excluding hydrogens is 208 g/mol. The minimum atomic E-state index is -0.969. The number of rotatable bonds is 3. The molecule has 0 fully saturated rings. The number of fused-ring (bicyclic) bond motifs is 1. The van der Waals surface area contributed by atoms with Crippen molar-refractivity contribution in [2.45, 2.75) is 19.9 Å². The summed E-state index contributed by atoms with van der Waals surface area (Å²) in [6, 6.07) is 5.22. The SMILES string of the molecule is CC(C)Nc1nc2cc(C(=O)O)ccc2o1. The largest absolute Gasteiger partial charge is 0.478 e. The predicted octanol–water partition coefficient (Wildman–Crippen LogP) is 2.35. The van der Waals surface area contributed by atoms with E-state index in [4.69, 9.17) is 9.52 Å². The molecule has 0 aliphatic carbocycles. The van der Waals surface area contributed by atoms with Gasteiger partial charge in [-0.3, -0.25) is 0 Å². The molecule has 0 aliphatic heterocycles. The summed E-state index contributed by atoms with van der Waals surface area (Å²) >= 11 is 0. The maximum absolute atomic E-state index is 10.8. The Morgan fingerprint density at radius 1 is 1.50 bits per heavy atom. The normalized spacial score (nSPS) is 10.9. The third-order valence-corrected chi connectivity index (χ3v) is 2.05. The molecule has 1 aromatic carbocycles. The summed E-state index contributed by atoms with van der Waals surface area (Å²) in [5.74, 6) is -0.969. The number of aromatic carboxylic acids is 1. The zero-order valence-corrected chi connectivity index (χ0v) is 9.02. The van der Waals surface area contributed by atoms with E-state index in [0.29, 0.717) is 17.1 Å². The van der Waals surface area contributed by atoms with Crippen molar-refractivity contribution in [1.29, 1.82) is 0 Å². The van der Waals surface area contributed by atoms with Gasteiger partial charge < -0.3 is 14.8 Å². The molecular formula is C11H12N2O3. The van der Waals surface area contributed by atoms with E-state index in [0.717, 1.165) is 0 Å². The van der Waals surface area contributed by atoms with Gasteiger partial charge >= 0.3 is 5.97 Å². The Kier molecular flexibility index (Phi) is 2.52. The van der Waals surface area contributed by atoms with Crippen LogP contribution in [0, 0.1) is 0 Å². The molecule has 0 atom stereocenters. The lowest BCUT2D eigenvalue weighted by molar-refractivity contribution is 0.0697. The first-order valence-electron chi connectivity index (χ1n) is 4.96. The molecule has 0 spiro atoms. The van der Waals surface area contributed by atoms with Crippen LogP contribution in [0.5, 0.6) is 0 Å². The maximum Gasteiger partial charge on any atom is 0.335 e. The first-order chi connectivity index (χ1) is 7.56. The zero-order chi connectivity index (χ0) is 11.7. The molecule has 0 amide bonds. The Morgan fingerprint density at radius 3 is 2.88 bits per heavy atom. The van der Waals surface area contributed by atoms with Gasteiger partial charge in [0.05, 0.1) is 5.56 Å². The fourth-order valence-electron chi connectivity index (χ4n) is 1.37. The monoisotopic (exact) mass is 220 g/mol. The molecule has 0 saturated carbocycles. The summed E-state index contributed by atoms with van der Waals surface area (Å²) in [6.45, 7) is 3.94.